The van der Waals surface area contributed by atoms with Gasteiger partial charge >= 0.3 is 0 Å². The van der Waals surface area contributed by atoms with E-state index in [1.807, 2.05) is 37.1 Å². The smallest absolute Gasteiger partial charge is 0.0897 e. The number of aliphatic hydroxyl groups is 1. The highest BCUT2D eigenvalue weighted by Gasteiger charge is 2.30. The maximum Gasteiger partial charge on any atom is 0.0897 e. The Balaban J connectivity index is 1.92. The zero-order valence-electron chi connectivity index (χ0n) is 9.58. The summed E-state index contributed by atoms with van der Waals surface area (Å²) in [5.74, 6) is 1.12. The van der Waals surface area contributed by atoms with Crippen LogP contribution in [-0.2, 0) is 7.05 Å². The van der Waals surface area contributed by atoms with E-state index in [0.29, 0.717) is 0 Å². The Morgan fingerprint density at radius 3 is 3.06 bits per heavy atom. The van der Waals surface area contributed by atoms with Gasteiger partial charge in [0.15, 0.2) is 0 Å². The monoisotopic (exact) mass is 246 g/mol. The summed E-state index contributed by atoms with van der Waals surface area (Å²) in [6.45, 7) is 0. The minimum atomic E-state index is -0.458. The lowest BCUT2D eigenvalue weighted by atomic mass is 9.92. The van der Waals surface area contributed by atoms with Crippen molar-refractivity contribution in [2.45, 2.75) is 16.9 Å². The number of fused-ring (bicyclic) bond motifs is 1. The van der Waals surface area contributed by atoms with E-state index < -0.39 is 6.10 Å². The van der Waals surface area contributed by atoms with Crippen molar-refractivity contribution >= 4 is 11.8 Å². The van der Waals surface area contributed by atoms with Crippen LogP contribution in [0.25, 0.3) is 0 Å². The number of hydrogen-bond donors (Lipinski definition) is 1. The highest BCUT2D eigenvalue weighted by Crippen LogP contribution is 2.45. The molecule has 1 aromatic carbocycles. The molecule has 2 atom stereocenters. The molecule has 1 aliphatic rings. The minimum Gasteiger partial charge on any atom is -0.388 e. The molecule has 0 saturated carbocycles. The van der Waals surface area contributed by atoms with Crippen molar-refractivity contribution in [1.82, 2.24) is 9.78 Å². The zero-order chi connectivity index (χ0) is 11.8. The lowest BCUT2D eigenvalue weighted by Crippen LogP contribution is -2.09. The summed E-state index contributed by atoms with van der Waals surface area (Å²) < 4.78 is 1.73. The van der Waals surface area contributed by atoms with Crippen LogP contribution in [0.1, 0.15) is 23.1 Å². The highest BCUT2D eigenvalue weighted by molar-refractivity contribution is 7.99. The molecule has 2 unspecified atom stereocenters. The molecule has 1 aromatic heterocycles. The van der Waals surface area contributed by atoms with E-state index in [9.17, 15) is 5.11 Å². The molecule has 4 heteroatoms. The first kappa shape index (κ1) is 10.9. The molecule has 0 saturated heterocycles. The van der Waals surface area contributed by atoms with Crippen LogP contribution in [0.5, 0.6) is 0 Å². The van der Waals surface area contributed by atoms with Gasteiger partial charge in [-0.05, 0) is 11.6 Å². The van der Waals surface area contributed by atoms with Gasteiger partial charge < -0.3 is 5.11 Å². The van der Waals surface area contributed by atoms with Gasteiger partial charge in [0.2, 0.25) is 0 Å². The second-order valence-electron chi connectivity index (χ2n) is 4.35. The molecule has 88 valence electrons. The highest BCUT2D eigenvalue weighted by atomic mass is 32.2. The number of hydrogen-bond acceptors (Lipinski definition) is 3. The number of nitrogens with zero attached hydrogens (tertiary/aromatic N) is 2. The van der Waals surface area contributed by atoms with E-state index in [1.165, 1.54) is 10.5 Å². The molecule has 1 N–H and O–H groups in total. The molecule has 0 fully saturated rings. The fourth-order valence-corrected chi connectivity index (χ4v) is 3.56. The van der Waals surface area contributed by atoms with Crippen molar-refractivity contribution in [3.63, 3.8) is 0 Å². The van der Waals surface area contributed by atoms with Crippen LogP contribution < -0.4 is 0 Å². The zero-order valence-corrected chi connectivity index (χ0v) is 10.4. The van der Waals surface area contributed by atoms with E-state index >= 15 is 0 Å². The molecule has 0 amide bonds. The van der Waals surface area contributed by atoms with Crippen LogP contribution in [0.3, 0.4) is 0 Å². The first-order chi connectivity index (χ1) is 8.25. The van der Waals surface area contributed by atoms with Gasteiger partial charge in [-0.2, -0.15) is 5.10 Å². The Kier molecular flexibility index (Phi) is 2.68. The molecule has 17 heavy (non-hydrogen) atoms. The summed E-state index contributed by atoms with van der Waals surface area (Å²) in [6.07, 6.45) is 3.17. The Hall–Kier alpha value is -1.26. The molecule has 3 rings (SSSR count). The van der Waals surface area contributed by atoms with Gasteiger partial charge in [-0.25, -0.2) is 0 Å². The molecular weight excluding hydrogens is 232 g/mol. The van der Waals surface area contributed by atoms with Gasteiger partial charge in [-0.15, -0.1) is 11.8 Å². The lowest BCUT2D eigenvalue weighted by Gasteiger charge is -2.16. The number of aliphatic hydroxyl groups excluding tert-OH is 1. The maximum absolute atomic E-state index is 10.4. The van der Waals surface area contributed by atoms with Gasteiger partial charge in [0.25, 0.3) is 0 Å². The molecular formula is C13H14N2OS. The average molecular weight is 246 g/mol. The van der Waals surface area contributed by atoms with Crippen LogP contribution >= 0.6 is 11.8 Å². The summed E-state index contributed by atoms with van der Waals surface area (Å²) in [5, 5.41) is 14.5. The van der Waals surface area contributed by atoms with E-state index in [0.717, 1.165) is 11.3 Å². The van der Waals surface area contributed by atoms with Crippen molar-refractivity contribution in [1.29, 1.82) is 0 Å². The van der Waals surface area contributed by atoms with Crippen molar-refractivity contribution in [2.75, 3.05) is 5.75 Å². The van der Waals surface area contributed by atoms with Crippen LogP contribution in [0, 0.1) is 0 Å². The third-order valence-electron chi connectivity index (χ3n) is 3.18. The quantitative estimate of drug-likeness (QED) is 0.884. The SMILES string of the molecule is Cn1cc(C(O)C2CSc3ccccc32)cn1. The average Bonchev–Trinajstić information content (AvgIpc) is 2.94. The predicted molar refractivity (Wildman–Crippen MR) is 68.1 cm³/mol. The van der Waals surface area contributed by atoms with Crippen LogP contribution in [-0.4, -0.2) is 20.6 Å². The summed E-state index contributed by atoms with van der Waals surface area (Å²) in [5.41, 5.74) is 2.16. The van der Waals surface area contributed by atoms with Crippen LogP contribution in [0.2, 0.25) is 0 Å². The van der Waals surface area contributed by atoms with Gasteiger partial charge in [0, 0.05) is 35.4 Å². The maximum atomic E-state index is 10.4. The van der Waals surface area contributed by atoms with Crippen molar-refractivity contribution in [3.8, 4) is 0 Å². The molecule has 0 bridgehead atoms. The number of thioether (sulfide) groups is 1. The largest absolute Gasteiger partial charge is 0.388 e. The summed E-state index contributed by atoms with van der Waals surface area (Å²) in [4.78, 5) is 1.29. The van der Waals surface area contributed by atoms with E-state index in [4.69, 9.17) is 0 Å². The third kappa shape index (κ3) is 1.87. The second kappa shape index (κ2) is 4.20. The summed E-state index contributed by atoms with van der Waals surface area (Å²) in [7, 11) is 1.87. The molecule has 0 radical (unpaired) electrons. The predicted octanol–water partition coefficient (Wildman–Crippen LogP) is 2.34. The summed E-state index contributed by atoms with van der Waals surface area (Å²) >= 11 is 1.82. The van der Waals surface area contributed by atoms with E-state index in [-0.39, 0.29) is 5.92 Å². The first-order valence-corrected chi connectivity index (χ1v) is 6.62. The molecule has 1 aliphatic heterocycles. The first-order valence-electron chi connectivity index (χ1n) is 5.64. The molecule has 2 heterocycles. The van der Waals surface area contributed by atoms with Crippen molar-refractivity contribution in [2.24, 2.45) is 7.05 Å². The summed E-state index contributed by atoms with van der Waals surface area (Å²) in [6, 6.07) is 8.31. The number of aryl methyl sites for hydroxylation is 1. The molecule has 2 aromatic rings. The van der Waals surface area contributed by atoms with Crippen LogP contribution in [0.4, 0.5) is 0 Å². The molecule has 3 nitrogen and oxygen atoms in total. The Bertz CT molecular complexity index is 538. The van der Waals surface area contributed by atoms with Crippen molar-refractivity contribution < 1.29 is 5.11 Å². The topological polar surface area (TPSA) is 38.0 Å². The van der Waals surface area contributed by atoms with Gasteiger partial charge in [0.1, 0.15) is 0 Å². The third-order valence-corrected chi connectivity index (χ3v) is 4.39. The Morgan fingerprint density at radius 1 is 1.47 bits per heavy atom. The Labute approximate surface area is 104 Å². The van der Waals surface area contributed by atoms with Gasteiger partial charge in [0.05, 0.1) is 12.3 Å². The fourth-order valence-electron chi connectivity index (χ4n) is 2.27. The van der Waals surface area contributed by atoms with Gasteiger partial charge in [-0.3, -0.25) is 4.68 Å². The number of rotatable bonds is 2. The minimum absolute atomic E-state index is 0.181. The Morgan fingerprint density at radius 2 is 2.29 bits per heavy atom. The fraction of sp³-hybridized carbons (Fsp3) is 0.308. The molecule has 0 aliphatic carbocycles. The van der Waals surface area contributed by atoms with Gasteiger partial charge in [-0.1, -0.05) is 18.2 Å². The molecule has 0 spiro atoms. The number of aromatic nitrogens is 2. The van der Waals surface area contributed by atoms with Crippen molar-refractivity contribution in [3.05, 3.63) is 47.8 Å². The standard InChI is InChI=1S/C13H14N2OS/c1-15-7-9(6-14-15)13(16)11-8-17-12-5-3-2-4-10(11)12/h2-7,11,13,16H,8H2,1H3. The van der Waals surface area contributed by atoms with Crippen LogP contribution in [0.15, 0.2) is 41.6 Å². The second-order valence-corrected chi connectivity index (χ2v) is 5.41. The van der Waals surface area contributed by atoms with E-state index in [1.54, 1.807) is 10.9 Å². The van der Waals surface area contributed by atoms with E-state index in [2.05, 4.69) is 17.2 Å². The normalized spacial score (nSPS) is 20.2. The number of benzene rings is 1. The lowest BCUT2D eigenvalue weighted by molar-refractivity contribution is 0.153.